The zero-order valence-corrected chi connectivity index (χ0v) is 14.4. The Kier molecular flexibility index (Phi) is 3.93. The number of hydrogen-bond acceptors (Lipinski definition) is 4. The SMILES string of the molecule is Cc1ccc(Oc2cc(C(=O)Nc3ccn(C)n3)cc3ccoc23)cc1. The summed E-state index contributed by atoms with van der Waals surface area (Å²) in [4.78, 5) is 12.6. The molecule has 2 heterocycles. The van der Waals surface area contributed by atoms with Gasteiger partial charge in [-0.2, -0.15) is 5.10 Å². The van der Waals surface area contributed by atoms with Gasteiger partial charge in [-0.1, -0.05) is 17.7 Å². The summed E-state index contributed by atoms with van der Waals surface area (Å²) < 4.78 is 13.1. The Hall–Kier alpha value is -3.54. The molecule has 0 radical (unpaired) electrons. The highest BCUT2D eigenvalue weighted by Gasteiger charge is 2.15. The number of carbonyl (C=O) groups is 1. The zero-order chi connectivity index (χ0) is 18.1. The van der Waals surface area contributed by atoms with Gasteiger partial charge in [-0.05, 0) is 37.3 Å². The summed E-state index contributed by atoms with van der Waals surface area (Å²) in [5.74, 6) is 1.39. The number of ether oxygens (including phenoxy) is 1. The number of nitrogens with one attached hydrogen (secondary N) is 1. The van der Waals surface area contributed by atoms with Crippen LogP contribution < -0.4 is 10.1 Å². The minimum absolute atomic E-state index is 0.263. The third kappa shape index (κ3) is 3.17. The number of rotatable bonds is 4. The Labute approximate surface area is 150 Å². The Morgan fingerprint density at radius 2 is 1.96 bits per heavy atom. The molecule has 1 N–H and O–H groups in total. The number of fused-ring (bicyclic) bond motifs is 1. The van der Waals surface area contributed by atoms with Crippen LogP contribution in [0.5, 0.6) is 11.5 Å². The van der Waals surface area contributed by atoms with Crippen molar-refractivity contribution < 1.29 is 13.9 Å². The fourth-order valence-electron chi connectivity index (χ4n) is 2.66. The van der Waals surface area contributed by atoms with Crippen molar-refractivity contribution in [1.82, 2.24) is 9.78 Å². The molecule has 0 unspecified atom stereocenters. The molecule has 0 saturated carbocycles. The van der Waals surface area contributed by atoms with Gasteiger partial charge < -0.3 is 14.5 Å². The largest absolute Gasteiger partial charge is 0.460 e. The van der Waals surface area contributed by atoms with Crippen LogP contribution in [0.2, 0.25) is 0 Å². The lowest BCUT2D eigenvalue weighted by Gasteiger charge is -2.09. The predicted molar refractivity (Wildman–Crippen MR) is 98.6 cm³/mol. The molecule has 0 spiro atoms. The van der Waals surface area contributed by atoms with Crippen molar-refractivity contribution in [2.24, 2.45) is 7.05 Å². The van der Waals surface area contributed by atoms with Crippen LogP contribution in [0.15, 0.2) is 65.4 Å². The molecule has 0 aliphatic rings. The number of nitrogens with zero attached hydrogens (tertiary/aromatic N) is 2. The standard InChI is InChI=1S/C20H17N3O3/c1-13-3-5-16(6-4-13)26-17-12-15(11-14-8-10-25-19(14)17)20(24)21-18-7-9-23(2)22-18/h3-12H,1-2H3,(H,21,22,24). The highest BCUT2D eigenvalue weighted by molar-refractivity contribution is 6.06. The average Bonchev–Trinajstić information content (AvgIpc) is 3.25. The Bertz CT molecular complexity index is 1080. The Balaban J connectivity index is 1.67. The third-order valence-corrected chi connectivity index (χ3v) is 3.98. The van der Waals surface area contributed by atoms with E-state index in [-0.39, 0.29) is 5.91 Å². The van der Waals surface area contributed by atoms with Crippen LogP contribution >= 0.6 is 0 Å². The number of furan rings is 1. The lowest BCUT2D eigenvalue weighted by molar-refractivity contribution is 0.102. The van der Waals surface area contributed by atoms with Gasteiger partial charge in [0, 0.05) is 30.3 Å². The van der Waals surface area contributed by atoms with Crippen molar-refractivity contribution >= 4 is 22.7 Å². The van der Waals surface area contributed by atoms with Gasteiger partial charge in [0.2, 0.25) is 0 Å². The van der Waals surface area contributed by atoms with E-state index in [1.165, 1.54) is 0 Å². The van der Waals surface area contributed by atoms with Gasteiger partial charge in [0.05, 0.1) is 6.26 Å². The number of aryl methyl sites for hydroxylation is 2. The van der Waals surface area contributed by atoms with E-state index >= 15 is 0 Å². The van der Waals surface area contributed by atoms with Crippen molar-refractivity contribution in [2.75, 3.05) is 5.32 Å². The van der Waals surface area contributed by atoms with Crippen LogP contribution in [-0.2, 0) is 7.05 Å². The van der Waals surface area contributed by atoms with Gasteiger partial charge in [-0.3, -0.25) is 9.48 Å². The first-order chi connectivity index (χ1) is 12.6. The molecule has 0 aliphatic heterocycles. The quantitative estimate of drug-likeness (QED) is 0.589. The van der Waals surface area contributed by atoms with Crippen molar-refractivity contribution in [3.05, 3.63) is 72.1 Å². The second-order valence-electron chi connectivity index (χ2n) is 6.06. The number of amides is 1. The van der Waals surface area contributed by atoms with Crippen molar-refractivity contribution in [1.29, 1.82) is 0 Å². The topological polar surface area (TPSA) is 69.3 Å². The minimum Gasteiger partial charge on any atom is -0.460 e. The van der Waals surface area contributed by atoms with Crippen LogP contribution in [-0.4, -0.2) is 15.7 Å². The number of anilines is 1. The molecule has 0 aliphatic carbocycles. The smallest absolute Gasteiger partial charge is 0.257 e. The maximum Gasteiger partial charge on any atom is 0.257 e. The third-order valence-electron chi connectivity index (χ3n) is 3.98. The van der Waals surface area contributed by atoms with Crippen LogP contribution in [0.1, 0.15) is 15.9 Å². The monoisotopic (exact) mass is 347 g/mol. The predicted octanol–water partition coefficient (Wildman–Crippen LogP) is 4.52. The normalized spacial score (nSPS) is 10.8. The molecule has 2 aromatic heterocycles. The van der Waals surface area contributed by atoms with E-state index in [1.54, 1.807) is 48.5 Å². The number of hydrogen-bond donors (Lipinski definition) is 1. The lowest BCUT2D eigenvalue weighted by Crippen LogP contribution is -2.12. The zero-order valence-electron chi connectivity index (χ0n) is 14.4. The Morgan fingerprint density at radius 1 is 1.15 bits per heavy atom. The molecule has 0 saturated heterocycles. The molecule has 4 aromatic rings. The minimum atomic E-state index is -0.263. The average molecular weight is 347 g/mol. The molecular weight excluding hydrogens is 330 g/mol. The summed E-state index contributed by atoms with van der Waals surface area (Å²) in [6.45, 7) is 2.01. The summed E-state index contributed by atoms with van der Waals surface area (Å²) >= 11 is 0. The fourth-order valence-corrected chi connectivity index (χ4v) is 2.66. The summed E-state index contributed by atoms with van der Waals surface area (Å²) in [5.41, 5.74) is 2.20. The molecule has 0 fully saturated rings. The second-order valence-corrected chi connectivity index (χ2v) is 6.06. The van der Waals surface area contributed by atoms with Crippen LogP contribution in [0, 0.1) is 6.92 Å². The highest BCUT2D eigenvalue weighted by Crippen LogP contribution is 2.32. The molecule has 0 atom stereocenters. The summed E-state index contributed by atoms with van der Waals surface area (Å²) in [7, 11) is 1.79. The van der Waals surface area contributed by atoms with Gasteiger partial charge >= 0.3 is 0 Å². The van der Waals surface area contributed by atoms with E-state index in [0.717, 1.165) is 10.9 Å². The van der Waals surface area contributed by atoms with Gasteiger partial charge in [0.15, 0.2) is 17.2 Å². The molecule has 4 rings (SSSR count). The fraction of sp³-hybridized carbons (Fsp3) is 0.100. The number of benzene rings is 2. The van der Waals surface area contributed by atoms with Crippen molar-refractivity contribution in [3.63, 3.8) is 0 Å². The van der Waals surface area contributed by atoms with E-state index in [1.807, 2.05) is 31.2 Å². The van der Waals surface area contributed by atoms with Gasteiger partial charge in [0.1, 0.15) is 5.75 Å². The first-order valence-corrected chi connectivity index (χ1v) is 8.15. The maximum atomic E-state index is 12.6. The van der Waals surface area contributed by atoms with Gasteiger partial charge in [-0.15, -0.1) is 0 Å². The van der Waals surface area contributed by atoms with Crippen LogP contribution in [0.25, 0.3) is 11.0 Å². The molecule has 6 nitrogen and oxygen atoms in total. The molecule has 0 bridgehead atoms. The molecule has 26 heavy (non-hydrogen) atoms. The number of carbonyl (C=O) groups excluding carboxylic acids is 1. The van der Waals surface area contributed by atoms with E-state index in [2.05, 4.69) is 10.4 Å². The second kappa shape index (κ2) is 6.40. The van der Waals surface area contributed by atoms with Crippen LogP contribution in [0.3, 0.4) is 0 Å². The van der Waals surface area contributed by atoms with Crippen molar-refractivity contribution in [2.45, 2.75) is 6.92 Å². The first-order valence-electron chi connectivity index (χ1n) is 8.15. The first kappa shape index (κ1) is 16.0. The molecule has 2 aromatic carbocycles. The van der Waals surface area contributed by atoms with E-state index in [0.29, 0.717) is 28.5 Å². The summed E-state index contributed by atoms with van der Waals surface area (Å²) in [5, 5.41) is 7.73. The highest BCUT2D eigenvalue weighted by atomic mass is 16.5. The van der Waals surface area contributed by atoms with E-state index in [9.17, 15) is 4.79 Å². The van der Waals surface area contributed by atoms with E-state index < -0.39 is 0 Å². The lowest BCUT2D eigenvalue weighted by atomic mass is 10.1. The maximum absolute atomic E-state index is 12.6. The summed E-state index contributed by atoms with van der Waals surface area (Å²) in [6.07, 6.45) is 3.34. The van der Waals surface area contributed by atoms with E-state index in [4.69, 9.17) is 9.15 Å². The van der Waals surface area contributed by atoms with Gasteiger partial charge in [0.25, 0.3) is 5.91 Å². The van der Waals surface area contributed by atoms with Crippen molar-refractivity contribution in [3.8, 4) is 11.5 Å². The molecule has 6 heteroatoms. The Morgan fingerprint density at radius 3 is 2.69 bits per heavy atom. The molecular formula is C20H17N3O3. The van der Waals surface area contributed by atoms with Gasteiger partial charge in [-0.25, -0.2) is 0 Å². The number of aromatic nitrogens is 2. The molecule has 130 valence electrons. The summed E-state index contributed by atoms with van der Waals surface area (Å²) in [6, 6.07) is 14.7. The molecule has 1 amide bonds. The van der Waals surface area contributed by atoms with Crippen LogP contribution in [0.4, 0.5) is 5.82 Å².